The van der Waals surface area contributed by atoms with Crippen molar-refractivity contribution in [1.29, 1.82) is 0 Å². The topological polar surface area (TPSA) is 49.9 Å². The number of hydrogen-bond donors (Lipinski definition) is 1. The highest BCUT2D eigenvalue weighted by molar-refractivity contribution is 7.91. The van der Waals surface area contributed by atoms with E-state index in [0.29, 0.717) is 17.7 Å². The van der Waals surface area contributed by atoms with E-state index in [1.165, 1.54) is 12.1 Å². The van der Waals surface area contributed by atoms with Crippen LogP contribution in [0.3, 0.4) is 0 Å². The highest BCUT2D eigenvalue weighted by Gasteiger charge is 2.19. The summed E-state index contributed by atoms with van der Waals surface area (Å²) in [5.41, 5.74) is 3.49. The monoisotopic (exact) mass is 359 g/mol. The molecular formula is C20H22FNO2S. The summed E-state index contributed by atoms with van der Waals surface area (Å²) >= 11 is 0. The highest BCUT2D eigenvalue weighted by Crippen LogP contribution is 2.28. The van der Waals surface area contributed by atoms with Crippen LogP contribution in [0.1, 0.15) is 36.6 Å². The number of hydrogen-bond acceptors (Lipinski definition) is 2. The zero-order chi connectivity index (χ0) is 18.0. The Kier molecular flexibility index (Phi) is 4.95. The SMILES string of the molecule is CCCCS(=O)(=O)c1ccccc1Cc1c(C)[nH]c2ccc(F)cc12. The van der Waals surface area contributed by atoms with Crippen LogP contribution >= 0.6 is 0 Å². The molecule has 0 spiro atoms. The van der Waals surface area contributed by atoms with E-state index in [-0.39, 0.29) is 11.6 Å². The summed E-state index contributed by atoms with van der Waals surface area (Å²) < 4.78 is 39.0. The molecule has 3 aromatic rings. The molecule has 1 heterocycles. The molecule has 5 heteroatoms. The minimum absolute atomic E-state index is 0.155. The Morgan fingerprint density at radius 3 is 2.64 bits per heavy atom. The van der Waals surface area contributed by atoms with Crippen LogP contribution < -0.4 is 0 Å². The zero-order valence-electron chi connectivity index (χ0n) is 14.5. The fraction of sp³-hybridized carbons (Fsp3) is 0.300. The summed E-state index contributed by atoms with van der Waals surface area (Å²) in [6.07, 6.45) is 1.94. The van der Waals surface area contributed by atoms with E-state index in [1.807, 2.05) is 26.0 Å². The number of rotatable bonds is 6. The molecule has 25 heavy (non-hydrogen) atoms. The van der Waals surface area contributed by atoms with Crippen LogP contribution in [0.2, 0.25) is 0 Å². The number of halogens is 1. The fourth-order valence-corrected chi connectivity index (χ4v) is 4.88. The molecule has 0 bridgehead atoms. The van der Waals surface area contributed by atoms with E-state index in [0.717, 1.165) is 34.1 Å². The number of aromatic nitrogens is 1. The van der Waals surface area contributed by atoms with Gasteiger partial charge in [0.2, 0.25) is 0 Å². The maximum atomic E-state index is 13.7. The lowest BCUT2D eigenvalue weighted by Gasteiger charge is -2.11. The van der Waals surface area contributed by atoms with Crippen molar-refractivity contribution in [3.05, 3.63) is 65.1 Å². The second-order valence-electron chi connectivity index (χ2n) is 6.38. The fourth-order valence-electron chi connectivity index (χ4n) is 3.17. The number of aromatic amines is 1. The van der Waals surface area contributed by atoms with E-state index in [9.17, 15) is 12.8 Å². The number of benzene rings is 2. The molecule has 0 unspecified atom stereocenters. The maximum absolute atomic E-state index is 13.7. The van der Waals surface area contributed by atoms with Crippen LogP contribution in [0, 0.1) is 12.7 Å². The molecule has 0 atom stereocenters. The van der Waals surface area contributed by atoms with Gasteiger partial charge >= 0.3 is 0 Å². The number of sulfone groups is 1. The number of unbranched alkanes of at least 4 members (excludes halogenated alkanes) is 1. The largest absolute Gasteiger partial charge is 0.358 e. The molecule has 0 aliphatic heterocycles. The van der Waals surface area contributed by atoms with Crippen molar-refractivity contribution in [1.82, 2.24) is 4.98 Å². The number of H-pyrrole nitrogens is 1. The standard InChI is InChI=1S/C20H22FNO2S/c1-3-4-11-25(23,24)20-8-6-5-7-15(20)12-17-14(2)22-19-10-9-16(21)13-18(17)19/h5-10,13,22H,3-4,11-12H2,1-2H3. The van der Waals surface area contributed by atoms with Gasteiger partial charge in [-0.25, -0.2) is 12.8 Å². The molecule has 0 radical (unpaired) electrons. The summed E-state index contributed by atoms with van der Waals surface area (Å²) in [6, 6.07) is 11.8. The first-order chi connectivity index (χ1) is 11.9. The third kappa shape index (κ3) is 3.61. The molecule has 0 aliphatic rings. The maximum Gasteiger partial charge on any atom is 0.178 e. The van der Waals surface area contributed by atoms with Gasteiger partial charge < -0.3 is 4.98 Å². The Bertz CT molecular complexity index is 1010. The van der Waals surface area contributed by atoms with Crippen molar-refractivity contribution in [3.63, 3.8) is 0 Å². The molecule has 2 aromatic carbocycles. The summed E-state index contributed by atoms with van der Waals surface area (Å²) in [5.74, 6) is -0.140. The van der Waals surface area contributed by atoms with E-state index in [2.05, 4.69) is 4.98 Å². The minimum Gasteiger partial charge on any atom is -0.358 e. The van der Waals surface area contributed by atoms with Crippen molar-refractivity contribution in [2.24, 2.45) is 0 Å². The van der Waals surface area contributed by atoms with Crippen LogP contribution in [-0.4, -0.2) is 19.2 Å². The van der Waals surface area contributed by atoms with Crippen molar-refractivity contribution in [2.45, 2.75) is 38.0 Å². The van der Waals surface area contributed by atoms with Crippen molar-refractivity contribution < 1.29 is 12.8 Å². The molecule has 0 saturated carbocycles. The minimum atomic E-state index is -3.31. The van der Waals surface area contributed by atoms with Crippen molar-refractivity contribution in [3.8, 4) is 0 Å². The van der Waals surface area contributed by atoms with Gasteiger partial charge in [0.1, 0.15) is 5.82 Å². The molecule has 0 fully saturated rings. The molecule has 3 rings (SSSR count). The Labute approximate surface area is 147 Å². The van der Waals surface area contributed by atoms with Crippen LogP contribution in [0.15, 0.2) is 47.4 Å². The van der Waals surface area contributed by atoms with Gasteiger partial charge in [-0.3, -0.25) is 0 Å². The number of nitrogens with one attached hydrogen (secondary N) is 1. The summed E-state index contributed by atoms with van der Waals surface area (Å²) in [4.78, 5) is 3.63. The average Bonchev–Trinajstić information content (AvgIpc) is 2.89. The van der Waals surface area contributed by atoms with Gasteiger partial charge in [0.05, 0.1) is 10.6 Å². The number of aryl methyl sites for hydroxylation is 1. The predicted molar refractivity (Wildman–Crippen MR) is 99.2 cm³/mol. The molecule has 132 valence electrons. The van der Waals surface area contributed by atoms with E-state index >= 15 is 0 Å². The third-order valence-corrected chi connectivity index (χ3v) is 6.42. The van der Waals surface area contributed by atoms with E-state index < -0.39 is 9.84 Å². The first-order valence-corrected chi connectivity index (χ1v) is 10.1. The second-order valence-corrected chi connectivity index (χ2v) is 8.45. The Morgan fingerprint density at radius 1 is 1.12 bits per heavy atom. The Morgan fingerprint density at radius 2 is 1.88 bits per heavy atom. The molecule has 1 N–H and O–H groups in total. The quantitative estimate of drug-likeness (QED) is 0.688. The Hall–Kier alpha value is -2.14. The zero-order valence-corrected chi connectivity index (χ0v) is 15.3. The number of fused-ring (bicyclic) bond motifs is 1. The average molecular weight is 359 g/mol. The van der Waals surface area contributed by atoms with Gasteiger partial charge in [-0.2, -0.15) is 0 Å². The molecular weight excluding hydrogens is 337 g/mol. The lowest BCUT2D eigenvalue weighted by atomic mass is 10.0. The second kappa shape index (κ2) is 7.00. The lowest BCUT2D eigenvalue weighted by molar-refractivity contribution is 0.591. The van der Waals surface area contributed by atoms with Crippen LogP contribution in [-0.2, 0) is 16.3 Å². The van der Waals surface area contributed by atoms with Crippen LogP contribution in [0.25, 0.3) is 10.9 Å². The summed E-state index contributed by atoms with van der Waals surface area (Å²) in [5, 5.41) is 0.804. The third-order valence-electron chi connectivity index (χ3n) is 4.52. The first-order valence-electron chi connectivity index (χ1n) is 8.49. The van der Waals surface area contributed by atoms with Gasteiger partial charge in [-0.05, 0) is 48.7 Å². The normalized spacial score (nSPS) is 12.0. The van der Waals surface area contributed by atoms with Gasteiger partial charge in [-0.1, -0.05) is 31.5 Å². The summed E-state index contributed by atoms with van der Waals surface area (Å²) in [7, 11) is -3.31. The Balaban J connectivity index is 2.05. The van der Waals surface area contributed by atoms with Gasteiger partial charge in [0.15, 0.2) is 9.84 Å². The van der Waals surface area contributed by atoms with Gasteiger partial charge in [-0.15, -0.1) is 0 Å². The molecule has 1 aromatic heterocycles. The molecule has 3 nitrogen and oxygen atoms in total. The lowest BCUT2D eigenvalue weighted by Crippen LogP contribution is -2.10. The smallest absolute Gasteiger partial charge is 0.178 e. The van der Waals surface area contributed by atoms with Crippen LogP contribution in [0.5, 0.6) is 0 Å². The first kappa shape index (κ1) is 17.7. The predicted octanol–water partition coefficient (Wildman–Crippen LogP) is 4.78. The van der Waals surface area contributed by atoms with Gasteiger partial charge in [0.25, 0.3) is 0 Å². The molecule has 0 aliphatic carbocycles. The highest BCUT2D eigenvalue weighted by atomic mass is 32.2. The molecule has 0 saturated heterocycles. The van der Waals surface area contributed by atoms with Crippen molar-refractivity contribution >= 4 is 20.7 Å². The van der Waals surface area contributed by atoms with E-state index in [1.54, 1.807) is 18.2 Å². The van der Waals surface area contributed by atoms with Gasteiger partial charge in [0, 0.05) is 23.0 Å². The summed E-state index contributed by atoms with van der Waals surface area (Å²) in [6.45, 7) is 3.91. The molecule has 0 amide bonds. The van der Waals surface area contributed by atoms with Crippen LogP contribution in [0.4, 0.5) is 4.39 Å². The van der Waals surface area contributed by atoms with E-state index in [4.69, 9.17) is 0 Å². The van der Waals surface area contributed by atoms with Crippen molar-refractivity contribution in [2.75, 3.05) is 5.75 Å².